The lowest BCUT2D eigenvalue weighted by molar-refractivity contribution is 0.0948. The van der Waals surface area contributed by atoms with Crippen molar-refractivity contribution in [3.05, 3.63) is 27.9 Å². The predicted octanol–water partition coefficient (Wildman–Crippen LogP) is 1.000. The van der Waals surface area contributed by atoms with Gasteiger partial charge in [-0.25, -0.2) is 9.78 Å². The first kappa shape index (κ1) is 11.9. The van der Waals surface area contributed by atoms with Gasteiger partial charge < -0.3 is 9.72 Å². The second-order valence-corrected chi connectivity index (χ2v) is 4.51. The number of aromatic nitrogens is 2. The number of rotatable bonds is 1. The Morgan fingerprint density at radius 1 is 1.32 bits per heavy atom. The standard InChI is InChI=1S/C11H8ClN3O4/c1-4-13-6-7(14-4)10(17)8(5(12)9(6)16)15-2-3-19-11(15)18/h2-3H2,1H3,(H,13,14). The summed E-state index contributed by atoms with van der Waals surface area (Å²) in [7, 11) is 0. The van der Waals surface area contributed by atoms with Crippen LogP contribution in [0.25, 0.3) is 0 Å². The molecule has 1 saturated heterocycles. The minimum atomic E-state index is -0.690. The number of fused-ring (bicyclic) bond motifs is 1. The first-order chi connectivity index (χ1) is 9.00. The first-order valence-corrected chi connectivity index (χ1v) is 5.88. The van der Waals surface area contributed by atoms with E-state index in [1.54, 1.807) is 6.92 Å². The van der Waals surface area contributed by atoms with Gasteiger partial charge in [-0.3, -0.25) is 14.5 Å². The highest BCUT2D eigenvalue weighted by Crippen LogP contribution is 2.30. The molecule has 1 fully saturated rings. The molecule has 0 saturated carbocycles. The first-order valence-electron chi connectivity index (χ1n) is 5.50. The number of amides is 1. The Kier molecular flexibility index (Phi) is 2.46. The molecule has 1 amide bonds. The number of H-pyrrole nitrogens is 1. The van der Waals surface area contributed by atoms with Gasteiger partial charge in [-0.15, -0.1) is 0 Å². The van der Waals surface area contributed by atoms with Crippen LogP contribution in [0.5, 0.6) is 0 Å². The molecule has 0 spiro atoms. The summed E-state index contributed by atoms with van der Waals surface area (Å²) in [6, 6.07) is 0. The minimum absolute atomic E-state index is 0.0124. The van der Waals surface area contributed by atoms with Gasteiger partial charge >= 0.3 is 6.09 Å². The number of cyclic esters (lactones) is 1. The number of nitrogens with zero attached hydrogens (tertiary/aromatic N) is 2. The van der Waals surface area contributed by atoms with Crippen LogP contribution < -0.4 is 0 Å². The third kappa shape index (κ3) is 1.58. The molecule has 98 valence electrons. The summed E-state index contributed by atoms with van der Waals surface area (Å²) in [5.41, 5.74) is -0.112. The molecule has 0 aromatic carbocycles. The molecule has 0 radical (unpaired) electrons. The lowest BCUT2D eigenvalue weighted by Gasteiger charge is -2.20. The summed E-state index contributed by atoms with van der Waals surface area (Å²) in [6.07, 6.45) is -0.690. The number of ether oxygens (including phenoxy) is 1. The van der Waals surface area contributed by atoms with E-state index in [4.69, 9.17) is 16.3 Å². The van der Waals surface area contributed by atoms with E-state index in [9.17, 15) is 14.4 Å². The second-order valence-electron chi connectivity index (χ2n) is 4.13. The summed E-state index contributed by atoms with van der Waals surface area (Å²) in [5.74, 6) is -0.671. The van der Waals surface area contributed by atoms with Gasteiger partial charge in [0.05, 0.1) is 6.54 Å². The van der Waals surface area contributed by atoms with Crippen molar-refractivity contribution in [2.45, 2.75) is 6.92 Å². The highest BCUT2D eigenvalue weighted by Gasteiger charge is 2.41. The topological polar surface area (TPSA) is 92.4 Å². The smallest absolute Gasteiger partial charge is 0.414 e. The normalized spacial score (nSPS) is 19.1. The molecule has 0 unspecified atom stereocenters. The van der Waals surface area contributed by atoms with Crippen LogP contribution in [-0.2, 0) is 4.74 Å². The molecule has 19 heavy (non-hydrogen) atoms. The van der Waals surface area contributed by atoms with Crippen molar-refractivity contribution >= 4 is 29.3 Å². The molecule has 0 atom stereocenters. The van der Waals surface area contributed by atoms with E-state index < -0.39 is 17.7 Å². The molecule has 7 nitrogen and oxygen atoms in total. The molecule has 2 heterocycles. The molecule has 1 aliphatic heterocycles. The number of halogens is 1. The maximum absolute atomic E-state index is 12.3. The van der Waals surface area contributed by atoms with Crippen LogP contribution in [-0.4, -0.2) is 45.7 Å². The molecule has 1 aliphatic carbocycles. The maximum Gasteiger partial charge on any atom is 0.414 e. The molecular weight excluding hydrogens is 274 g/mol. The molecule has 1 N–H and O–H groups in total. The Hall–Kier alpha value is -2.15. The number of ketones is 2. The summed E-state index contributed by atoms with van der Waals surface area (Å²) in [5, 5.41) is -0.292. The SMILES string of the molecule is Cc1nc2c([nH]1)C(=O)C(Cl)=C(N1CCOC1=O)C2=O. The van der Waals surface area contributed by atoms with Crippen LogP contribution in [0.2, 0.25) is 0 Å². The zero-order valence-electron chi connectivity index (χ0n) is 9.82. The van der Waals surface area contributed by atoms with Crippen molar-refractivity contribution in [2.24, 2.45) is 0 Å². The van der Waals surface area contributed by atoms with Crippen LogP contribution in [0.4, 0.5) is 4.79 Å². The summed E-state index contributed by atoms with van der Waals surface area (Å²) < 4.78 is 4.75. The van der Waals surface area contributed by atoms with Gasteiger partial charge in [-0.1, -0.05) is 11.6 Å². The van der Waals surface area contributed by atoms with Crippen LogP contribution in [0, 0.1) is 6.92 Å². The van der Waals surface area contributed by atoms with Crippen LogP contribution in [0.3, 0.4) is 0 Å². The Morgan fingerprint density at radius 3 is 2.68 bits per heavy atom. The van der Waals surface area contributed by atoms with Gasteiger partial charge in [0, 0.05) is 0 Å². The molecule has 0 bridgehead atoms. The fraction of sp³-hybridized carbons (Fsp3) is 0.273. The number of aromatic amines is 1. The minimum Gasteiger partial charge on any atom is -0.447 e. The summed E-state index contributed by atoms with van der Waals surface area (Å²) in [6.45, 7) is 1.96. The molecular formula is C11H8ClN3O4. The average Bonchev–Trinajstić information content (AvgIpc) is 2.94. The van der Waals surface area contributed by atoms with E-state index in [1.165, 1.54) is 0 Å². The van der Waals surface area contributed by atoms with Crippen LogP contribution in [0.1, 0.15) is 26.8 Å². The second kappa shape index (κ2) is 3.92. The quantitative estimate of drug-likeness (QED) is 0.829. The molecule has 1 aromatic heterocycles. The largest absolute Gasteiger partial charge is 0.447 e. The van der Waals surface area contributed by atoms with E-state index in [0.29, 0.717) is 5.82 Å². The molecule has 8 heteroatoms. The Morgan fingerprint density at radius 2 is 2.05 bits per heavy atom. The van der Waals surface area contributed by atoms with Crippen molar-refractivity contribution in [1.29, 1.82) is 0 Å². The highest BCUT2D eigenvalue weighted by molar-refractivity contribution is 6.49. The number of hydrogen-bond donors (Lipinski definition) is 1. The summed E-state index contributed by atoms with van der Waals surface area (Å²) in [4.78, 5) is 43.6. The van der Waals surface area contributed by atoms with E-state index in [-0.39, 0.29) is 35.3 Å². The average molecular weight is 282 g/mol. The zero-order chi connectivity index (χ0) is 13.7. The van der Waals surface area contributed by atoms with Gasteiger partial charge in [0.25, 0.3) is 0 Å². The van der Waals surface area contributed by atoms with Crippen LogP contribution >= 0.6 is 11.6 Å². The molecule has 1 aromatic rings. The van der Waals surface area contributed by atoms with Crippen LogP contribution in [0.15, 0.2) is 10.7 Å². The van der Waals surface area contributed by atoms with E-state index >= 15 is 0 Å². The number of hydrogen-bond acceptors (Lipinski definition) is 5. The van der Waals surface area contributed by atoms with Gasteiger partial charge in [-0.05, 0) is 6.92 Å². The fourth-order valence-electron chi connectivity index (χ4n) is 2.09. The Labute approximate surface area is 112 Å². The van der Waals surface area contributed by atoms with Crippen molar-refractivity contribution in [1.82, 2.24) is 14.9 Å². The maximum atomic E-state index is 12.3. The van der Waals surface area contributed by atoms with E-state index in [0.717, 1.165) is 4.90 Å². The number of aryl methyl sites for hydroxylation is 1. The van der Waals surface area contributed by atoms with E-state index in [1.807, 2.05) is 0 Å². The van der Waals surface area contributed by atoms with Crippen molar-refractivity contribution < 1.29 is 19.1 Å². The van der Waals surface area contributed by atoms with Crippen molar-refractivity contribution in [2.75, 3.05) is 13.2 Å². The molecule has 2 aliphatic rings. The number of imidazole rings is 1. The van der Waals surface area contributed by atoms with Gasteiger partial charge in [0.1, 0.15) is 34.5 Å². The number of Topliss-reactive ketones (excluding diaryl/α,β-unsaturated/α-hetero) is 2. The Balaban J connectivity index is 2.14. The third-order valence-electron chi connectivity index (χ3n) is 2.92. The van der Waals surface area contributed by atoms with Crippen molar-refractivity contribution in [3.63, 3.8) is 0 Å². The lowest BCUT2D eigenvalue weighted by Crippen LogP contribution is -2.34. The van der Waals surface area contributed by atoms with Gasteiger partial charge in [0.15, 0.2) is 0 Å². The lowest BCUT2D eigenvalue weighted by atomic mass is 10.0. The molecule has 3 rings (SSSR count). The number of allylic oxidation sites excluding steroid dienone is 2. The fourth-order valence-corrected chi connectivity index (χ4v) is 2.37. The number of carbonyl (C=O) groups excluding carboxylic acids is 3. The van der Waals surface area contributed by atoms with Gasteiger partial charge in [0.2, 0.25) is 11.6 Å². The predicted molar refractivity (Wildman–Crippen MR) is 62.9 cm³/mol. The monoisotopic (exact) mass is 281 g/mol. The number of nitrogens with one attached hydrogen (secondary N) is 1. The Bertz CT molecular complexity index is 661. The highest BCUT2D eigenvalue weighted by atomic mass is 35.5. The zero-order valence-corrected chi connectivity index (χ0v) is 10.6. The van der Waals surface area contributed by atoms with Crippen molar-refractivity contribution in [3.8, 4) is 0 Å². The number of carbonyl (C=O) groups is 3. The summed E-state index contributed by atoms with van der Waals surface area (Å²) >= 11 is 5.92. The van der Waals surface area contributed by atoms with Gasteiger partial charge in [-0.2, -0.15) is 0 Å². The van der Waals surface area contributed by atoms with E-state index in [2.05, 4.69) is 9.97 Å². The third-order valence-corrected chi connectivity index (χ3v) is 3.27.